The summed E-state index contributed by atoms with van der Waals surface area (Å²) in [5.41, 5.74) is 7.25. The van der Waals surface area contributed by atoms with E-state index in [1.54, 1.807) is 13.3 Å². The van der Waals surface area contributed by atoms with Crippen LogP contribution in [0.1, 0.15) is 5.69 Å². The fourth-order valence-corrected chi connectivity index (χ4v) is 4.05. The number of fused-ring (bicyclic) bond motifs is 1. The summed E-state index contributed by atoms with van der Waals surface area (Å²) in [6.45, 7) is 5.40. The summed E-state index contributed by atoms with van der Waals surface area (Å²) in [5, 5.41) is 10.8. The summed E-state index contributed by atoms with van der Waals surface area (Å²) in [6, 6.07) is 12.4. The number of aryl methyl sites for hydroxylation is 1. The van der Waals surface area contributed by atoms with Crippen molar-refractivity contribution >= 4 is 16.7 Å². The third kappa shape index (κ3) is 3.99. The molecule has 5 rings (SSSR count). The van der Waals surface area contributed by atoms with E-state index in [1.165, 1.54) is 0 Å². The molecule has 0 aromatic carbocycles. The Morgan fingerprint density at radius 2 is 2.03 bits per heavy atom. The minimum absolute atomic E-state index is 0.309. The number of hydrogen-bond donors (Lipinski definition) is 2. The van der Waals surface area contributed by atoms with E-state index >= 15 is 0 Å². The second kappa shape index (κ2) is 8.41. The normalized spacial score (nSPS) is 16.7. The molecule has 158 valence electrons. The van der Waals surface area contributed by atoms with Crippen LogP contribution in [0.15, 0.2) is 48.8 Å². The van der Waals surface area contributed by atoms with Crippen molar-refractivity contribution in [2.24, 2.45) is 0 Å². The van der Waals surface area contributed by atoms with Gasteiger partial charge in [-0.3, -0.25) is 15.1 Å². The van der Waals surface area contributed by atoms with Crippen molar-refractivity contribution in [3.05, 3.63) is 54.5 Å². The first kappa shape index (κ1) is 19.6. The van der Waals surface area contributed by atoms with Gasteiger partial charge < -0.3 is 15.0 Å². The van der Waals surface area contributed by atoms with E-state index in [1.807, 2.05) is 43.5 Å². The molecule has 4 aromatic heterocycles. The van der Waals surface area contributed by atoms with Crippen molar-refractivity contribution in [3.8, 4) is 22.6 Å². The molecule has 1 aliphatic rings. The van der Waals surface area contributed by atoms with Crippen LogP contribution in [0.25, 0.3) is 33.7 Å². The van der Waals surface area contributed by atoms with Gasteiger partial charge in [-0.1, -0.05) is 6.07 Å². The van der Waals surface area contributed by atoms with Crippen molar-refractivity contribution in [2.75, 3.05) is 38.3 Å². The number of nitrogens with zero attached hydrogens (tertiary/aromatic N) is 5. The first-order chi connectivity index (χ1) is 15.2. The monoisotopic (exact) mass is 415 g/mol. The van der Waals surface area contributed by atoms with E-state index in [4.69, 9.17) is 9.72 Å². The Morgan fingerprint density at radius 1 is 1.10 bits per heavy atom. The first-order valence-corrected chi connectivity index (χ1v) is 10.4. The van der Waals surface area contributed by atoms with Crippen LogP contribution in [0.3, 0.4) is 0 Å². The van der Waals surface area contributed by atoms with E-state index < -0.39 is 0 Å². The number of rotatable bonds is 5. The number of pyridine rings is 3. The van der Waals surface area contributed by atoms with Gasteiger partial charge >= 0.3 is 0 Å². The van der Waals surface area contributed by atoms with E-state index in [-0.39, 0.29) is 0 Å². The number of hydrogen-bond acceptors (Lipinski definition) is 7. The van der Waals surface area contributed by atoms with Crippen molar-refractivity contribution in [1.29, 1.82) is 0 Å². The fraction of sp³-hybridized carbons (Fsp3) is 0.304. The molecule has 1 fully saturated rings. The Balaban J connectivity index is 1.49. The Kier molecular flexibility index (Phi) is 5.31. The number of methoxy groups -OCH3 is 1. The smallest absolute Gasteiger partial charge is 0.0928 e. The maximum Gasteiger partial charge on any atom is 0.0928 e. The minimum atomic E-state index is 0.309. The van der Waals surface area contributed by atoms with Gasteiger partial charge in [0.25, 0.3) is 0 Å². The lowest BCUT2D eigenvalue weighted by atomic mass is 10.1. The van der Waals surface area contributed by atoms with Crippen molar-refractivity contribution in [2.45, 2.75) is 13.0 Å². The van der Waals surface area contributed by atoms with E-state index in [0.29, 0.717) is 12.6 Å². The number of piperazine rings is 1. The average Bonchev–Trinajstić information content (AvgIpc) is 3.29. The lowest BCUT2D eigenvalue weighted by Crippen LogP contribution is -2.52. The van der Waals surface area contributed by atoms with Gasteiger partial charge in [0.1, 0.15) is 0 Å². The molecule has 0 saturated carbocycles. The largest absolute Gasteiger partial charge is 0.383 e. The molecule has 0 spiro atoms. The van der Waals surface area contributed by atoms with Gasteiger partial charge in [-0.2, -0.15) is 5.10 Å². The molecular weight excluding hydrogens is 390 g/mol. The summed E-state index contributed by atoms with van der Waals surface area (Å²) >= 11 is 0. The second-order valence-corrected chi connectivity index (χ2v) is 7.80. The summed E-state index contributed by atoms with van der Waals surface area (Å²) in [7, 11) is 1.74. The molecule has 1 saturated heterocycles. The van der Waals surface area contributed by atoms with Gasteiger partial charge in [-0.25, -0.2) is 4.98 Å². The molecular formula is C23H25N7O. The number of nitrogens with one attached hydrogen (secondary N) is 2. The number of aromatic amines is 1. The number of anilines is 1. The highest BCUT2D eigenvalue weighted by Gasteiger charge is 2.20. The molecule has 5 heterocycles. The number of H-pyrrole nitrogens is 1. The Hall–Kier alpha value is -3.36. The predicted molar refractivity (Wildman–Crippen MR) is 121 cm³/mol. The molecule has 8 heteroatoms. The van der Waals surface area contributed by atoms with Crippen LogP contribution in [0.4, 0.5) is 5.69 Å². The van der Waals surface area contributed by atoms with Crippen LogP contribution in [0, 0.1) is 6.92 Å². The molecule has 1 aliphatic heterocycles. The molecule has 0 bridgehead atoms. The zero-order valence-electron chi connectivity index (χ0n) is 17.7. The van der Waals surface area contributed by atoms with Gasteiger partial charge in [-0.05, 0) is 37.3 Å². The number of aromatic nitrogens is 5. The predicted octanol–water partition coefficient (Wildman–Crippen LogP) is 2.81. The van der Waals surface area contributed by atoms with Gasteiger partial charge in [-0.15, -0.1) is 0 Å². The highest BCUT2D eigenvalue weighted by molar-refractivity contribution is 5.84. The lowest BCUT2D eigenvalue weighted by Gasteiger charge is -2.34. The highest BCUT2D eigenvalue weighted by atomic mass is 16.5. The van der Waals surface area contributed by atoms with Crippen molar-refractivity contribution < 1.29 is 4.74 Å². The van der Waals surface area contributed by atoms with Crippen LogP contribution in [-0.4, -0.2) is 64.5 Å². The summed E-state index contributed by atoms with van der Waals surface area (Å²) in [5.74, 6) is 0. The van der Waals surface area contributed by atoms with E-state index in [2.05, 4.69) is 36.4 Å². The molecule has 1 unspecified atom stereocenters. The van der Waals surface area contributed by atoms with Gasteiger partial charge in [0, 0.05) is 44.0 Å². The zero-order valence-corrected chi connectivity index (χ0v) is 17.7. The molecule has 8 nitrogen and oxygen atoms in total. The van der Waals surface area contributed by atoms with Gasteiger partial charge in [0.15, 0.2) is 0 Å². The van der Waals surface area contributed by atoms with Gasteiger partial charge in [0.05, 0.1) is 52.8 Å². The van der Waals surface area contributed by atoms with Crippen LogP contribution in [0.2, 0.25) is 0 Å². The maximum atomic E-state index is 5.32. The molecule has 0 radical (unpaired) electrons. The molecule has 31 heavy (non-hydrogen) atoms. The SMILES string of the molecule is COCC1CN(c2cnc3ccc(-c4cn[nH]c4-c4cccc(C)n4)nc3c2)CCN1. The minimum Gasteiger partial charge on any atom is -0.383 e. The fourth-order valence-electron chi connectivity index (χ4n) is 4.05. The highest BCUT2D eigenvalue weighted by Crippen LogP contribution is 2.29. The van der Waals surface area contributed by atoms with Gasteiger partial charge in [0.2, 0.25) is 0 Å². The third-order valence-corrected chi connectivity index (χ3v) is 5.57. The zero-order chi connectivity index (χ0) is 21.2. The second-order valence-electron chi connectivity index (χ2n) is 7.80. The van der Waals surface area contributed by atoms with Crippen LogP contribution < -0.4 is 10.2 Å². The van der Waals surface area contributed by atoms with Crippen molar-refractivity contribution in [3.63, 3.8) is 0 Å². The van der Waals surface area contributed by atoms with E-state index in [0.717, 1.165) is 64.7 Å². The topological polar surface area (TPSA) is 91.9 Å². The molecule has 4 aromatic rings. The Labute approximate surface area is 180 Å². The average molecular weight is 416 g/mol. The summed E-state index contributed by atoms with van der Waals surface area (Å²) in [6.07, 6.45) is 3.73. The third-order valence-electron chi connectivity index (χ3n) is 5.57. The summed E-state index contributed by atoms with van der Waals surface area (Å²) in [4.78, 5) is 16.5. The van der Waals surface area contributed by atoms with Crippen LogP contribution in [0.5, 0.6) is 0 Å². The lowest BCUT2D eigenvalue weighted by molar-refractivity contribution is 0.163. The number of ether oxygens (including phenoxy) is 1. The molecule has 1 atom stereocenters. The van der Waals surface area contributed by atoms with Crippen LogP contribution in [-0.2, 0) is 4.74 Å². The molecule has 2 N–H and O–H groups in total. The standard InChI is InChI=1S/C23H25N7O/c1-15-4-3-5-21(27-15)23-18(12-26-29-23)19-6-7-20-22(28-19)10-17(11-25-20)30-9-8-24-16(13-30)14-31-2/h3-7,10-12,16,24H,8-9,13-14H2,1-2H3,(H,26,29). The summed E-state index contributed by atoms with van der Waals surface area (Å²) < 4.78 is 5.32. The van der Waals surface area contributed by atoms with Crippen LogP contribution >= 0.6 is 0 Å². The molecule has 0 aliphatic carbocycles. The van der Waals surface area contributed by atoms with E-state index in [9.17, 15) is 0 Å². The first-order valence-electron chi connectivity index (χ1n) is 10.4. The Morgan fingerprint density at radius 3 is 2.90 bits per heavy atom. The quantitative estimate of drug-likeness (QED) is 0.518. The molecule has 0 amide bonds. The Bertz CT molecular complexity index is 1200. The van der Waals surface area contributed by atoms with Crippen molar-refractivity contribution in [1.82, 2.24) is 30.5 Å². The maximum absolute atomic E-state index is 5.32.